The van der Waals surface area contributed by atoms with Gasteiger partial charge in [0.05, 0.1) is 37.7 Å². The summed E-state index contributed by atoms with van der Waals surface area (Å²) in [6.45, 7) is 8.05. The van der Waals surface area contributed by atoms with E-state index in [0.717, 1.165) is 51.9 Å². The first-order chi connectivity index (χ1) is 17.8. The summed E-state index contributed by atoms with van der Waals surface area (Å²) in [5.41, 5.74) is 0.349. The molecule has 204 valence electrons. The van der Waals surface area contributed by atoms with Gasteiger partial charge in [0.1, 0.15) is 11.4 Å². The molecule has 0 atom stereocenters. The van der Waals surface area contributed by atoms with Crippen molar-refractivity contribution in [2.45, 2.75) is 38.9 Å². The molecule has 0 spiro atoms. The minimum Gasteiger partial charge on any atom is -0.449 e. The average molecular weight is 527 g/mol. The summed E-state index contributed by atoms with van der Waals surface area (Å²) in [4.78, 5) is 23.8. The number of aryl methyl sites for hydroxylation is 1. The van der Waals surface area contributed by atoms with Gasteiger partial charge >= 0.3 is 12.3 Å². The summed E-state index contributed by atoms with van der Waals surface area (Å²) in [7, 11) is 0. The van der Waals surface area contributed by atoms with Crippen LogP contribution in [0.5, 0.6) is 0 Å². The van der Waals surface area contributed by atoms with Crippen molar-refractivity contribution in [3.63, 3.8) is 0 Å². The normalized spacial score (nSPS) is 17.4. The number of nitrogens with zero attached hydrogens (tertiary/aromatic N) is 6. The van der Waals surface area contributed by atoms with E-state index in [1.807, 2.05) is 6.92 Å². The number of alkyl halides is 3. The number of nitrogens with one attached hydrogen (secondary N) is 2. The largest absolute Gasteiger partial charge is 0.449 e. The van der Waals surface area contributed by atoms with Crippen molar-refractivity contribution in [3.8, 4) is 0 Å². The molecule has 14 heteroatoms. The number of rotatable bonds is 10. The average Bonchev–Trinajstić information content (AvgIpc) is 3.08. The lowest BCUT2D eigenvalue weighted by Gasteiger charge is -2.26. The first kappa shape index (κ1) is 26.9. The van der Waals surface area contributed by atoms with Crippen LogP contribution in [-0.4, -0.2) is 94.7 Å². The van der Waals surface area contributed by atoms with Gasteiger partial charge in [-0.1, -0.05) is 0 Å². The molecule has 2 aromatic rings. The van der Waals surface area contributed by atoms with Gasteiger partial charge in [0.25, 0.3) is 0 Å². The van der Waals surface area contributed by atoms with Crippen LogP contribution in [0, 0.1) is 6.92 Å². The number of amides is 1. The molecule has 2 aliphatic heterocycles. The topological polar surface area (TPSA) is 110 Å². The van der Waals surface area contributed by atoms with Gasteiger partial charge in [-0.25, -0.2) is 9.78 Å². The number of anilines is 3. The maximum Gasteiger partial charge on any atom is 0.421 e. The second-order valence-corrected chi connectivity index (χ2v) is 9.01. The van der Waals surface area contributed by atoms with Crippen molar-refractivity contribution in [3.05, 3.63) is 23.7 Å². The van der Waals surface area contributed by atoms with E-state index in [-0.39, 0.29) is 24.4 Å². The number of halogens is 3. The van der Waals surface area contributed by atoms with E-state index in [1.54, 1.807) is 15.8 Å². The summed E-state index contributed by atoms with van der Waals surface area (Å²) in [6.07, 6.45) is -0.362. The van der Waals surface area contributed by atoms with Crippen LogP contribution in [0.3, 0.4) is 0 Å². The number of aromatic nitrogens is 4. The molecule has 0 saturated carbocycles. The predicted molar refractivity (Wildman–Crippen MR) is 130 cm³/mol. The third kappa shape index (κ3) is 7.68. The molecule has 2 fully saturated rings. The van der Waals surface area contributed by atoms with Gasteiger partial charge in [0.2, 0.25) is 5.95 Å². The lowest BCUT2D eigenvalue weighted by Crippen LogP contribution is -2.38. The first-order valence-corrected chi connectivity index (χ1v) is 12.5. The Hall–Kier alpha value is -3.13. The van der Waals surface area contributed by atoms with Gasteiger partial charge < -0.3 is 25.0 Å². The molecule has 2 saturated heterocycles. The van der Waals surface area contributed by atoms with E-state index in [4.69, 9.17) is 9.47 Å². The lowest BCUT2D eigenvalue weighted by atomic mass is 10.3. The summed E-state index contributed by atoms with van der Waals surface area (Å²) in [5.74, 6) is -0.289. The fourth-order valence-electron chi connectivity index (χ4n) is 4.16. The van der Waals surface area contributed by atoms with Crippen LogP contribution in [0.15, 0.2) is 12.4 Å². The van der Waals surface area contributed by atoms with E-state index < -0.39 is 11.7 Å². The second-order valence-electron chi connectivity index (χ2n) is 9.01. The molecule has 1 amide bonds. The molecule has 0 aliphatic carbocycles. The zero-order valence-corrected chi connectivity index (χ0v) is 20.9. The van der Waals surface area contributed by atoms with Crippen molar-refractivity contribution < 1.29 is 27.4 Å². The standard InChI is InChI=1S/C23H33F3N8O3/c1-17-19(16-34(31-17)9-8-32-10-13-36-14-11-32)29-21-28-15-18(23(24,25)26)20(30-21)27-5-4-7-33-6-2-3-12-37-22(33)35/h15-16H,2-14H2,1H3,(H2,27,28,29,30). The number of carbonyl (C=O) groups is 1. The smallest absolute Gasteiger partial charge is 0.421 e. The second kappa shape index (κ2) is 12.4. The summed E-state index contributed by atoms with van der Waals surface area (Å²) in [5, 5.41) is 10.2. The molecule has 37 heavy (non-hydrogen) atoms. The monoisotopic (exact) mass is 526 g/mol. The zero-order chi connectivity index (χ0) is 26.3. The van der Waals surface area contributed by atoms with E-state index in [2.05, 4.69) is 30.6 Å². The van der Waals surface area contributed by atoms with E-state index in [1.165, 1.54) is 0 Å². The maximum atomic E-state index is 13.6. The van der Waals surface area contributed by atoms with Gasteiger partial charge in [-0.3, -0.25) is 9.58 Å². The van der Waals surface area contributed by atoms with Crippen LogP contribution in [0.1, 0.15) is 30.5 Å². The third-order valence-corrected chi connectivity index (χ3v) is 6.24. The molecule has 2 aliphatic rings. The molecule has 4 rings (SSSR count). The Morgan fingerprint density at radius 2 is 1.89 bits per heavy atom. The van der Waals surface area contributed by atoms with Gasteiger partial charge in [-0.2, -0.15) is 23.3 Å². The highest BCUT2D eigenvalue weighted by molar-refractivity contribution is 5.67. The molecule has 11 nitrogen and oxygen atoms in total. The first-order valence-electron chi connectivity index (χ1n) is 12.5. The number of hydrogen-bond donors (Lipinski definition) is 2. The van der Waals surface area contributed by atoms with Crippen molar-refractivity contribution in [1.29, 1.82) is 0 Å². The van der Waals surface area contributed by atoms with Crippen LogP contribution >= 0.6 is 0 Å². The Kier molecular flexibility index (Phi) is 9.03. The van der Waals surface area contributed by atoms with Crippen LogP contribution in [0.25, 0.3) is 0 Å². The molecule has 0 aromatic carbocycles. The molecule has 0 unspecified atom stereocenters. The Bertz CT molecular complexity index is 1040. The van der Waals surface area contributed by atoms with E-state index in [0.29, 0.717) is 44.0 Å². The Balaban J connectivity index is 1.37. The van der Waals surface area contributed by atoms with Crippen LogP contribution in [0.2, 0.25) is 0 Å². The number of cyclic esters (lactones) is 1. The van der Waals surface area contributed by atoms with Crippen molar-refractivity contribution >= 4 is 23.5 Å². The number of carbonyl (C=O) groups excluding carboxylic acids is 1. The van der Waals surface area contributed by atoms with E-state index >= 15 is 0 Å². The van der Waals surface area contributed by atoms with Gasteiger partial charge in [-0.15, -0.1) is 0 Å². The van der Waals surface area contributed by atoms with Gasteiger partial charge in [0, 0.05) is 51.7 Å². The number of ether oxygens (including phenoxy) is 2. The lowest BCUT2D eigenvalue weighted by molar-refractivity contribution is -0.137. The summed E-state index contributed by atoms with van der Waals surface area (Å²) >= 11 is 0. The molecule has 2 N–H and O–H groups in total. The highest BCUT2D eigenvalue weighted by Crippen LogP contribution is 2.34. The minimum atomic E-state index is -4.62. The molecule has 0 bridgehead atoms. The Labute approximate surface area is 213 Å². The predicted octanol–water partition coefficient (Wildman–Crippen LogP) is 3.11. The maximum absolute atomic E-state index is 13.6. The van der Waals surface area contributed by atoms with Crippen molar-refractivity contribution in [2.24, 2.45) is 0 Å². The van der Waals surface area contributed by atoms with Crippen molar-refractivity contribution in [1.82, 2.24) is 29.5 Å². The fraction of sp³-hybridized carbons (Fsp3) is 0.652. The summed E-state index contributed by atoms with van der Waals surface area (Å²) < 4.78 is 53.0. The number of morpholine rings is 1. The quantitative estimate of drug-likeness (QED) is 0.451. The molecular weight excluding hydrogens is 493 g/mol. The molecular formula is C23H33F3N8O3. The highest BCUT2D eigenvalue weighted by atomic mass is 19.4. The van der Waals surface area contributed by atoms with Crippen LogP contribution < -0.4 is 10.6 Å². The van der Waals surface area contributed by atoms with Gasteiger partial charge in [-0.05, 0) is 26.2 Å². The highest BCUT2D eigenvalue weighted by Gasteiger charge is 2.35. The van der Waals surface area contributed by atoms with Crippen LogP contribution in [0.4, 0.5) is 35.4 Å². The van der Waals surface area contributed by atoms with Gasteiger partial charge in [0.15, 0.2) is 0 Å². The SMILES string of the molecule is Cc1nn(CCN2CCOCC2)cc1Nc1ncc(C(F)(F)F)c(NCCCN2CCCCOC2=O)n1. The molecule has 2 aromatic heterocycles. The van der Waals surface area contributed by atoms with Crippen LogP contribution in [-0.2, 0) is 22.2 Å². The third-order valence-electron chi connectivity index (χ3n) is 6.24. The fourth-order valence-corrected chi connectivity index (χ4v) is 4.16. The zero-order valence-electron chi connectivity index (χ0n) is 20.9. The Morgan fingerprint density at radius 1 is 1.08 bits per heavy atom. The molecule has 0 radical (unpaired) electrons. The summed E-state index contributed by atoms with van der Waals surface area (Å²) in [6, 6.07) is 0. The van der Waals surface area contributed by atoms with Crippen molar-refractivity contribution in [2.75, 3.05) is 69.7 Å². The Morgan fingerprint density at radius 3 is 2.68 bits per heavy atom. The molecule has 4 heterocycles. The minimum absolute atomic E-state index is 0.0300. The van der Waals surface area contributed by atoms with E-state index in [9.17, 15) is 18.0 Å². The number of hydrogen-bond acceptors (Lipinski definition) is 9.